The zero-order valence-electron chi connectivity index (χ0n) is 11.6. The van der Waals surface area contributed by atoms with Gasteiger partial charge in [0.2, 0.25) is 0 Å². The van der Waals surface area contributed by atoms with Crippen LogP contribution in [0.3, 0.4) is 0 Å². The maximum absolute atomic E-state index is 6.30. The molecule has 1 aromatic rings. The molecule has 0 radical (unpaired) electrons. The van der Waals surface area contributed by atoms with Gasteiger partial charge in [0.1, 0.15) is 11.6 Å². The second-order valence-corrected chi connectivity index (χ2v) is 6.24. The Morgan fingerprint density at radius 3 is 2.41 bits per heavy atom. The number of anilines is 1. The van der Waals surface area contributed by atoms with Crippen LogP contribution >= 0.6 is 0 Å². The first kappa shape index (κ1) is 12.5. The minimum atomic E-state index is 0.0747. The zero-order chi connectivity index (χ0) is 12.6. The van der Waals surface area contributed by atoms with Crippen molar-refractivity contribution in [2.24, 2.45) is 0 Å². The molecule has 1 saturated carbocycles. The molecular formula is C14H25N3. The topological polar surface area (TPSA) is 43.8 Å². The van der Waals surface area contributed by atoms with E-state index in [0.717, 1.165) is 30.3 Å². The number of nitrogen functional groups attached to an aromatic ring is 1. The molecule has 0 bridgehead atoms. The van der Waals surface area contributed by atoms with E-state index in [1.54, 1.807) is 0 Å². The lowest BCUT2D eigenvalue weighted by Gasteiger charge is -2.24. The second kappa shape index (κ2) is 4.35. The van der Waals surface area contributed by atoms with E-state index < -0.39 is 0 Å². The molecule has 0 atom stereocenters. The number of rotatable bonds is 3. The third-order valence-corrected chi connectivity index (χ3v) is 3.65. The van der Waals surface area contributed by atoms with Crippen LogP contribution in [0.15, 0.2) is 0 Å². The van der Waals surface area contributed by atoms with Crippen molar-refractivity contribution >= 4 is 5.82 Å². The fourth-order valence-electron chi connectivity index (χ4n) is 2.49. The maximum Gasteiger partial charge on any atom is 0.127 e. The summed E-state index contributed by atoms with van der Waals surface area (Å²) in [6.45, 7) is 9.81. The first-order chi connectivity index (χ1) is 7.95. The van der Waals surface area contributed by atoms with Crippen molar-refractivity contribution in [2.45, 2.75) is 71.3 Å². The summed E-state index contributed by atoms with van der Waals surface area (Å²) in [7, 11) is 0. The van der Waals surface area contributed by atoms with Gasteiger partial charge in [0.05, 0.1) is 5.69 Å². The Hall–Kier alpha value is -0.990. The SMILES string of the molecule is CCCn1c(C(C)(C)C)nc(C2CCC2)c1N. The molecule has 1 aliphatic rings. The number of nitrogens with two attached hydrogens (primary N) is 1. The van der Waals surface area contributed by atoms with Gasteiger partial charge in [-0.2, -0.15) is 0 Å². The lowest BCUT2D eigenvalue weighted by molar-refractivity contribution is 0.411. The fraction of sp³-hybridized carbons (Fsp3) is 0.786. The van der Waals surface area contributed by atoms with Gasteiger partial charge in [0, 0.05) is 17.9 Å². The number of imidazole rings is 1. The lowest BCUT2D eigenvalue weighted by Crippen LogP contribution is -2.19. The molecule has 0 amide bonds. The zero-order valence-corrected chi connectivity index (χ0v) is 11.6. The predicted octanol–water partition coefficient (Wildman–Crippen LogP) is 3.44. The molecule has 1 aliphatic carbocycles. The normalized spacial score (nSPS) is 17.2. The third kappa shape index (κ3) is 2.20. The predicted molar refractivity (Wildman–Crippen MR) is 72.2 cm³/mol. The number of hydrogen-bond donors (Lipinski definition) is 1. The van der Waals surface area contributed by atoms with E-state index in [-0.39, 0.29) is 5.41 Å². The van der Waals surface area contributed by atoms with E-state index in [0.29, 0.717) is 5.92 Å². The molecule has 0 aromatic carbocycles. The van der Waals surface area contributed by atoms with E-state index in [4.69, 9.17) is 10.7 Å². The van der Waals surface area contributed by atoms with Gasteiger partial charge in [-0.1, -0.05) is 34.1 Å². The van der Waals surface area contributed by atoms with E-state index in [9.17, 15) is 0 Å². The molecule has 0 aliphatic heterocycles. The van der Waals surface area contributed by atoms with Crippen LogP contribution in [0.4, 0.5) is 5.82 Å². The highest BCUT2D eigenvalue weighted by molar-refractivity contribution is 5.42. The molecule has 0 saturated heterocycles. The molecule has 96 valence electrons. The molecule has 2 rings (SSSR count). The standard InChI is InChI=1S/C14H25N3/c1-5-9-17-12(15)11(10-7-6-8-10)16-13(17)14(2,3)4/h10H,5-9,15H2,1-4H3. The Labute approximate surface area is 104 Å². The summed E-state index contributed by atoms with van der Waals surface area (Å²) in [6.07, 6.45) is 4.96. The van der Waals surface area contributed by atoms with Crippen molar-refractivity contribution in [3.05, 3.63) is 11.5 Å². The van der Waals surface area contributed by atoms with Gasteiger partial charge in [0.25, 0.3) is 0 Å². The summed E-state index contributed by atoms with van der Waals surface area (Å²) < 4.78 is 2.23. The largest absolute Gasteiger partial charge is 0.384 e. The molecule has 1 fully saturated rings. The minimum Gasteiger partial charge on any atom is -0.384 e. The van der Waals surface area contributed by atoms with Gasteiger partial charge in [-0.25, -0.2) is 4.98 Å². The highest BCUT2D eigenvalue weighted by atomic mass is 15.2. The third-order valence-electron chi connectivity index (χ3n) is 3.65. The van der Waals surface area contributed by atoms with Crippen LogP contribution in [0.2, 0.25) is 0 Å². The van der Waals surface area contributed by atoms with Crippen LogP contribution in [0.1, 0.15) is 70.8 Å². The van der Waals surface area contributed by atoms with Crippen LogP contribution in [0, 0.1) is 0 Å². The summed E-state index contributed by atoms with van der Waals surface area (Å²) in [5.74, 6) is 2.69. The van der Waals surface area contributed by atoms with Crippen molar-refractivity contribution < 1.29 is 0 Å². The van der Waals surface area contributed by atoms with Gasteiger partial charge in [0.15, 0.2) is 0 Å². The Morgan fingerprint density at radius 2 is 2.00 bits per heavy atom. The Kier molecular flexibility index (Phi) is 3.19. The molecule has 1 heterocycles. The summed E-state index contributed by atoms with van der Waals surface area (Å²) in [5, 5.41) is 0. The molecule has 1 aromatic heterocycles. The van der Waals surface area contributed by atoms with Crippen LogP contribution in [-0.4, -0.2) is 9.55 Å². The minimum absolute atomic E-state index is 0.0747. The Balaban J connectivity index is 2.42. The lowest BCUT2D eigenvalue weighted by atomic mass is 9.83. The molecule has 2 N–H and O–H groups in total. The van der Waals surface area contributed by atoms with E-state index in [2.05, 4.69) is 32.3 Å². The first-order valence-electron chi connectivity index (χ1n) is 6.81. The smallest absolute Gasteiger partial charge is 0.127 e. The van der Waals surface area contributed by atoms with Crippen molar-refractivity contribution in [3.8, 4) is 0 Å². The van der Waals surface area contributed by atoms with E-state index >= 15 is 0 Å². The van der Waals surface area contributed by atoms with Gasteiger partial charge in [-0.05, 0) is 19.3 Å². The van der Waals surface area contributed by atoms with Gasteiger partial charge in [-0.3, -0.25) is 0 Å². The van der Waals surface area contributed by atoms with Crippen molar-refractivity contribution in [3.63, 3.8) is 0 Å². The first-order valence-corrected chi connectivity index (χ1v) is 6.81. The quantitative estimate of drug-likeness (QED) is 0.872. The van der Waals surface area contributed by atoms with Crippen molar-refractivity contribution in [1.29, 1.82) is 0 Å². The van der Waals surface area contributed by atoms with Crippen molar-refractivity contribution in [2.75, 3.05) is 5.73 Å². The molecule has 17 heavy (non-hydrogen) atoms. The number of hydrogen-bond acceptors (Lipinski definition) is 2. The molecular weight excluding hydrogens is 210 g/mol. The molecule has 3 heteroatoms. The Morgan fingerprint density at radius 1 is 1.35 bits per heavy atom. The number of nitrogens with zero attached hydrogens (tertiary/aromatic N) is 2. The monoisotopic (exact) mass is 235 g/mol. The average Bonchev–Trinajstić information content (AvgIpc) is 2.44. The average molecular weight is 235 g/mol. The summed E-state index contributed by atoms with van der Waals surface area (Å²) in [5.41, 5.74) is 7.53. The van der Waals surface area contributed by atoms with Gasteiger partial charge < -0.3 is 10.3 Å². The van der Waals surface area contributed by atoms with Crippen molar-refractivity contribution in [1.82, 2.24) is 9.55 Å². The van der Waals surface area contributed by atoms with Crippen LogP contribution in [0.25, 0.3) is 0 Å². The number of aromatic nitrogens is 2. The molecule has 3 nitrogen and oxygen atoms in total. The van der Waals surface area contributed by atoms with Crippen LogP contribution in [0.5, 0.6) is 0 Å². The van der Waals surface area contributed by atoms with Gasteiger partial charge in [-0.15, -0.1) is 0 Å². The second-order valence-electron chi connectivity index (χ2n) is 6.24. The highest BCUT2D eigenvalue weighted by Crippen LogP contribution is 2.40. The van der Waals surface area contributed by atoms with Gasteiger partial charge >= 0.3 is 0 Å². The fourth-order valence-corrected chi connectivity index (χ4v) is 2.49. The summed E-state index contributed by atoms with van der Waals surface area (Å²) in [6, 6.07) is 0. The Bertz CT molecular complexity index is 394. The van der Waals surface area contributed by atoms with Crippen LogP contribution in [-0.2, 0) is 12.0 Å². The maximum atomic E-state index is 6.30. The summed E-state index contributed by atoms with van der Waals surface area (Å²) >= 11 is 0. The highest BCUT2D eigenvalue weighted by Gasteiger charge is 2.30. The molecule has 0 spiro atoms. The van der Waals surface area contributed by atoms with E-state index in [1.807, 2.05) is 0 Å². The summed E-state index contributed by atoms with van der Waals surface area (Å²) in [4.78, 5) is 4.86. The van der Waals surface area contributed by atoms with E-state index in [1.165, 1.54) is 19.3 Å². The van der Waals surface area contributed by atoms with Crippen LogP contribution < -0.4 is 5.73 Å². The molecule has 0 unspecified atom stereocenters.